The van der Waals surface area contributed by atoms with Gasteiger partial charge in [-0.1, -0.05) is 12.2 Å². The molecule has 0 N–H and O–H groups in total. The lowest BCUT2D eigenvalue weighted by Crippen LogP contribution is -2.31. The third-order valence-corrected chi connectivity index (χ3v) is 3.13. The zero-order chi connectivity index (χ0) is 16.1. The SMILES string of the molecule is C=CCN(CC=C)C(=O)c1cc(OC(C)C)c2ccoc2c1. The van der Waals surface area contributed by atoms with Gasteiger partial charge in [0.05, 0.1) is 17.8 Å². The first-order valence-corrected chi connectivity index (χ1v) is 7.25. The summed E-state index contributed by atoms with van der Waals surface area (Å²) in [7, 11) is 0. The third kappa shape index (κ3) is 3.39. The van der Waals surface area contributed by atoms with Gasteiger partial charge < -0.3 is 14.1 Å². The molecule has 22 heavy (non-hydrogen) atoms. The first-order valence-electron chi connectivity index (χ1n) is 7.25. The number of carbonyl (C=O) groups excluding carboxylic acids is 1. The fraction of sp³-hybridized carbons (Fsp3) is 0.278. The van der Waals surface area contributed by atoms with Crippen LogP contribution in [0, 0.1) is 0 Å². The number of amides is 1. The highest BCUT2D eigenvalue weighted by molar-refractivity contribution is 5.99. The molecule has 2 aromatic rings. The van der Waals surface area contributed by atoms with Crippen LogP contribution in [0.15, 0.2) is 54.2 Å². The first-order chi connectivity index (χ1) is 10.6. The zero-order valence-electron chi connectivity index (χ0n) is 13.0. The minimum absolute atomic E-state index is 0.0147. The van der Waals surface area contributed by atoms with Crippen molar-refractivity contribution in [2.75, 3.05) is 13.1 Å². The van der Waals surface area contributed by atoms with Crippen molar-refractivity contribution in [2.24, 2.45) is 0 Å². The maximum Gasteiger partial charge on any atom is 0.254 e. The Morgan fingerprint density at radius 1 is 1.32 bits per heavy atom. The molecule has 0 saturated carbocycles. The van der Waals surface area contributed by atoms with Gasteiger partial charge in [0.2, 0.25) is 0 Å². The maximum absolute atomic E-state index is 12.7. The van der Waals surface area contributed by atoms with Gasteiger partial charge >= 0.3 is 0 Å². The number of benzene rings is 1. The third-order valence-electron chi connectivity index (χ3n) is 3.13. The Bertz CT molecular complexity index is 675. The Labute approximate surface area is 130 Å². The highest BCUT2D eigenvalue weighted by atomic mass is 16.5. The average molecular weight is 299 g/mol. The molecule has 0 bridgehead atoms. The number of carbonyl (C=O) groups is 1. The topological polar surface area (TPSA) is 42.7 Å². The van der Waals surface area contributed by atoms with Crippen LogP contribution in [0.5, 0.6) is 5.75 Å². The molecule has 116 valence electrons. The molecule has 0 unspecified atom stereocenters. The Kier molecular flexibility index (Phi) is 5.04. The highest BCUT2D eigenvalue weighted by Gasteiger charge is 2.18. The molecule has 0 saturated heterocycles. The molecule has 0 aliphatic rings. The molecule has 1 aromatic carbocycles. The van der Waals surface area contributed by atoms with Crippen molar-refractivity contribution < 1.29 is 13.9 Å². The summed E-state index contributed by atoms with van der Waals surface area (Å²) in [6.45, 7) is 12.2. The van der Waals surface area contributed by atoms with Crippen LogP contribution in [0.25, 0.3) is 11.0 Å². The fourth-order valence-corrected chi connectivity index (χ4v) is 2.25. The quantitative estimate of drug-likeness (QED) is 0.725. The van der Waals surface area contributed by atoms with Crippen molar-refractivity contribution in [1.82, 2.24) is 4.90 Å². The van der Waals surface area contributed by atoms with E-state index >= 15 is 0 Å². The van der Waals surface area contributed by atoms with Crippen LogP contribution in [0.1, 0.15) is 24.2 Å². The molecule has 0 aliphatic heterocycles. The van der Waals surface area contributed by atoms with Gasteiger partial charge in [-0.15, -0.1) is 13.2 Å². The summed E-state index contributed by atoms with van der Waals surface area (Å²) in [5, 5.41) is 0.865. The first kappa shape index (κ1) is 15.9. The highest BCUT2D eigenvalue weighted by Crippen LogP contribution is 2.30. The molecule has 0 fully saturated rings. The number of nitrogens with zero attached hydrogens (tertiary/aromatic N) is 1. The van der Waals surface area contributed by atoms with Crippen LogP contribution in [0.2, 0.25) is 0 Å². The molecule has 1 heterocycles. The van der Waals surface area contributed by atoms with Gasteiger partial charge in [0.15, 0.2) is 0 Å². The Balaban J connectivity index is 2.43. The van der Waals surface area contributed by atoms with Gasteiger partial charge in [-0.05, 0) is 32.0 Å². The van der Waals surface area contributed by atoms with E-state index in [-0.39, 0.29) is 12.0 Å². The van der Waals surface area contributed by atoms with E-state index in [0.29, 0.717) is 30.0 Å². The van der Waals surface area contributed by atoms with Crippen LogP contribution in [-0.2, 0) is 0 Å². The molecule has 0 spiro atoms. The van der Waals surface area contributed by atoms with Crippen molar-refractivity contribution >= 4 is 16.9 Å². The van der Waals surface area contributed by atoms with E-state index in [1.165, 1.54) is 0 Å². The van der Waals surface area contributed by atoms with Crippen molar-refractivity contribution in [3.05, 3.63) is 55.3 Å². The maximum atomic E-state index is 12.7. The van der Waals surface area contributed by atoms with Crippen molar-refractivity contribution in [3.63, 3.8) is 0 Å². The second-order valence-electron chi connectivity index (χ2n) is 5.26. The van der Waals surface area contributed by atoms with Crippen LogP contribution in [0.4, 0.5) is 0 Å². The van der Waals surface area contributed by atoms with Crippen LogP contribution in [0.3, 0.4) is 0 Å². The van der Waals surface area contributed by atoms with E-state index in [9.17, 15) is 4.79 Å². The summed E-state index contributed by atoms with van der Waals surface area (Å²) in [5.41, 5.74) is 1.17. The summed E-state index contributed by atoms with van der Waals surface area (Å²) < 4.78 is 11.2. The van der Waals surface area contributed by atoms with E-state index < -0.39 is 0 Å². The summed E-state index contributed by atoms with van der Waals surface area (Å²) in [5.74, 6) is 0.550. The fourth-order valence-electron chi connectivity index (χ4n) is 2.25. The van der Waals surface area contributed by atoms with Gasteiger partial charge in [-0.2, -0.15) is 0 Å². The van der Waals surface area contributed by atoms with Crippen molar-refractivity contribution in [3.8, 4) is 5.75 Å². The lowest BCUT2D eigenvalue weighted by molar-refractivity contribution is 0.0790. The number of ether oxygens (including phenoxy) is 1. The number of hydrogen-bond acceptors (Lipinski definition) is 3. The Morgan fingerprint density at radius 2 is 2.00 bits per heavy atom. The lowest BCUT2D eigenvalue weighted by atomic mass is 10.1. The normalized spacial score (nSPS) is 10.7. The van der Waals surface area contributed by atoms with Gasteiger partial charge in [0, 0.05) is 18.7 Å². The van der Waals surface area contributed by atoms with Crippen molar-refractivity contribution in [2.45, 2.75) is 20.0 Å². The number of rotatable bonds is 7. The summed E-state index contributed by atoms with van der Waals surface area (Å²) in [6.07, 6.45) is 4.99. The van der Waals surface area contributed by atoms with Crippen LogP contribution < -0.4 is 4.74 Å². The largest absolute Gasteiger partial charge is 0.490 e. The van der Waals surface area contributed by atoms with E-state index in [0.717, 1.165) is 5.39 Å². The minimum atomic E-state index is -0.105. The van der Waals surface area contributed by atoms with E-state index in [1.807, 2.05) is 19.9 Å². The van der Waals surface area contributed by atoms with Gasteiger partial charge in [0.1, 0.15) is 11.3 Å². The number of furan rings is 1. The predicted octanol–water partition coefficient (Wildman–Crippen LogP) is 4.03. The van der Waals surface area contributed by atoms with Crippen LogP contribution >= 0.6 is 0 Å². The van der Waals surface area contributed by atoms with Gasteiger partial charge in [0.25, 0.3) is 5.91 Å². The molecular weight excluding hydrogens is 278 g/mol. The molecule has 4 nitrogen and oxygen atoms in total. The molecule has 0 atom stereocenters. The molecule has 2 rings (SSSR count). The minimum Gasteiger partial charge on any atom is -0.490 e. The number of hydrogen-bond donors (Lipinski definition) is 0. The lowest BCUT2D eigenvalue weighted by Gasteiger charge is -2.20. The van der Waals surface area contributed by atoms with Crippen LogP contribution in [-0.4, -0.2) is 30.0 Å². The van der Waals surface area contributed by atoms with E-state index in [2.05, 4.69) is 13.2 Å². The van der Waals surface area contributed by atoms with E-state index in [4.69, 9.17) is 9.15 Å². The van der Waals surface area contributed by atoms with Gasteiger partial charge in [-0.25, -0.2) is 0 Å². The van der Waals surface area contributed by atoms with Gasteiger partial charge in [-0.3, -0.25) is 4.79 Å². The molecular formula is C18H21NO3. The molecule has 1 aromatic heterocycles. The smallest absolute Gasteiger partial charge is 0.254 e. The second kappa shape index (κ2) is 6.98. The monoisotopic (exact) mass is 299 g/mol. The summed E-state index contributed by atoms with van der Waals surface area (Å²) in [4.78, 5) is 14.3. The Morgan fingerprint density at radius 3 is 2.59 bits per heavy atom. The molecule has 0 aliphatic carbocycles. The zero-order valence-corrected chi connectivity index (χ0v) is 13.0. The molecule has 4 heteroatoms. The molecule has 1 amide bonds. The Hall–Kier alpha value is -2.49. The molecule has 0 radical (unpaired) electrons. The summed E-state index contributed by atoms with van der Waals surface area (Å²) >= 11 is 0. The standard InChI is InChI=1S/C18H21NO3/c1-5-8-19(9-6-2)18(20)14-11-16-15(7-10-21-16)17(12-14)22-13(3)4/h5-7,10-13H,1-2,8-9H2,3-4H3. The van der Waals surface area contributed by atoms with Crippen molar-refractivity contribution in [1.29, 1.82) is 0 Å². The number of fused-ring (bicyclic) bond motifs is 1. The summed E-state index contributed by atoms with van der Waals surface area (Å²) in [6, 6.07) is 5.34. The van der Waals surface area contributed by atoms with E-state index in [1.54, 1.807) is 35.4 Å². The predicted molar refractivity (Wildman–Crippen MR) is 88.3 cm³/mol. The average Bonchev–Trinajstić information content (AvgIpc) is 2.94. The second-order valence-corrected chi connectivity index (χ2v) is 5.26.